The lowest BCUT2D eigenvalue weighted by Gasteiger charge is -2.33. The van der Waals surface area contributed by atoms with Crippen LogP contribution in [0.3, 0.4) is 0 Å². The van der Waals surface area contributed by atoms with Crippen molar-refractivity contribution in [2.24, 2.45) is 5.73 Å². The molecule has 0 bridgehead atoms. The van der Waals surface area contributed by atoms with Crippen LogP contribution in [0, 0.1) is 0 Å². The summed E-state index contributed by atoms with van der Waals surface area (Å²) in [5, 5.41) is 4.66. The van der Waals surface area contributed by atoms with E-state index in [9.17, 15) is 4.79 Å². The average Bonchev–Trinajstić information content (AvgIpc) is 2.68. The number of pyridine rings is 1. The lowest BCUT2D eigenvalue weighted by Crippen LogP contribution is -2.45. The van der Waals surface area contributed by atoms with Crippen molar-refractivity contribution in [2.45, 2.75) is 13.3 Å². The monoisotopic (exact) mass is 353 g/mol. The Morgan fingerprint density at radius 3 is 2.73 bits per heavy atom. The van der Waals surface area contributed by atoms with Crippen molar-refractivity contribution in [3.63, 3.8) is 0 Å². The zero-order valence-corrected chi connectivity index (χ0v) is 15.2. The van der Waals surface area contributed by atoms with Gasteiger partial charge in [0.15, 0.2) is 0 Å². The van der Waals surface area contributed by atoms with Crippen LogP contribution in [-0.4, -0.2) is 31.6 Å². The largest absolute Gasteiger partial charge is 0.481 e. The van der Waals surface area contributed by atoms with Crippen LogP contribution in [0.5, 0.6) is 5.88 Å². The highest BCUT2D eigenvalue weighted by Crippen LogP contribution is 2.38. The van der Waals surface area contributed by atoms with Crippen molar-refractivity contribution in [3.8, 4) is 17.0 Å². The van der Waals surface area contributed by atoms with Gasteiger partial charge in [0, 0.05) is 42.5 Å². The number of aromatic nitrogens is 1. The molecule has 1 aliphatic rings. The van der Waals surface area contributed by atoms with Gasteiger partial charge >= 0.3 is 0 Å². The average molecular weight is 353 g/mol. The van der Waals surface area contributed by atoms with Crippen LogP contribution in [-0.2, 0) is 4.79 Å². The van der Waals surface area contributed by atoms with E-state index in [0.29, 0.717) is 23.8 Å². The van der Waals surface area contributed by atoms with Gasteiger partial charge in [0.05, 0.1) is 18.5 Å². The van der Waals surface area contributed by atoms with E-state index in [-0.39, 0.29) is 5.91 Å². The molecule has 26 heavy (non-hydrogen) atoms. The summed E-state index contributed by atoms with van der Waals surface area (Å²) in [6.45, 7) is 2.61. The SMILES string of the molecule is CCCNC(=O)C1=C(N)c2cccc(-c3ccc(OC)nc3)c2N(C)N1. The van der Waals surface area contributed by atoms with Crippen LogP contribution in [0.15, 0.2) is 42.2 Å². The summed E-state index contributed by atoms with van der Waals surface area (Å²) in [5.41, 5.74) is 13.8. The Bertz CT molecular complexity index is 846. The van der Waals surface area contributed by atoms with Crippen molar-refractivity contribution >= 4 is 17.3 Å². The fourth-order valence-electron chi connectivity index (χ4n) is 2.93. The quantitative estimate of drug-likeness (QED) is 0.760. The van der Waals surface area contributed by atoms with Gasteiger partial charge in [0.2, 0.25) is 5.88 Å². The Hall–Kier alpha value is -3.22. The molecule has 0 fully saturated rings. The summed E-state index contributed by atoms with van der Waals surface area (Å²) < 4.78 is 5.12. The van der Waals surface area contributed by atoms with Crippen LogP contribution in [0.4, 0.5) is 5.69 Å². The number of fused-ring (bicyclic) bond motifs is 1. The Morgan fingerprint density at radius 2 is 2.08 bits per heavy atom. The van der Waals surface area contributed by atoms with Gasteiger partial charge in [-0.3, -0.25) is 15.2 Å². The summed E-state index contributed by atoms with van der Waals surface area (Å²) in [5.74, 6) is 0.345. The smallest absolute Gasteiger partial charge is 0.271 e. The Kier molecular flexibility index (Phi) is 4.97. The van der Waals surface area contributed by atoms with Gasteiger partial charge in [0.25, 0.3) is 5.91 Å². The first-order valence-electron chi connectivity index (χ1n) is 8.49. The van der Waals surface area contributed by atoms with Gasteiger partial charge in [-0.1, -0.05) is 25.1 Å². The highest BCUT2D eigenvalue weighted by molar-refractivity contribution is 6.04. The van der Waals surface area contributed by atoms with Gasteiger partial charge < -0.3 is 15.8 Å². The van der Waals surface area contributed by atoms with Gasteiger partial charge in [0.1, 0.15) is 5.70 Å². The third-order valence-corrected chi connectivity index (χ3v) is 4.23. The number of nitrogens with zero attached hydrogens (tertiary/aromatic N) is 2. The van der Waals surface area contributed by atoms with Crippen LogP contribution in [0.1, 0.15) is 18.9 Å². The fraction of sp³-hybridized carbons (Fsp3) is 0.263. The predicted octanol–water partition coefficient (Wildman–Crippen LogP) is 1.87. The molecule has 4 N–H and O–H groups in total. The van der Waals surface area contributed by atoms with Gasteiger partial charge in [-0.2, -0.15) is 0 Å². The third kappa shape index (κ3) is 3.15. The number of nitrogens with two attached hydrogens (primary N) is 1. The molecule has 1 amide bonds. The highest BCUT2D eigenvalue weighted by Gasteiger charge is 2.26. The first-order valence-corrected chi connectivity index (χ1v) is 8.49. The molecule has 136 valence electrons. The molecule has 0 spiro atoms. The summed E-state index contributed by atoms with van der Waals surface area (Å²) in [7, 11) is 3.44. The molecule has 0 saturated heterocycles. The second-order valence-corrected chi connectivity index (χ2v) is 6.01. The zero-order valence-electron chi connectivity index (χ0n) is 15.2. The number of amides is 1. The molecule has 0 saturated carbocycles. The fourth-order valence-corrected chi connectivity index (χ4v) is 2.93. The molecular formula is C19H23N5O2. The maximum absolute atomic E-state index is 12.4. The molecule has 1 aliphatic heterocycles. The minimum absolute atomic E-state index is 0.210. The zero-order chi connectivity index (χ0) is 18.7. The second-order valence-electron chi connectivity index (χ2n) is 6.01. The first kappa shape index (κ1) is 17.6. The number of nitrogens with one attached hydrogen (secondary N) is 2. The number of hydrazine groups is 1. The van der Waals surface area contributed by atoms with E-state index in [2.05, 4.69) is 15.7 Å². The number of rotatable bonds is 5. The van der Waals surface area contributed by atoms with Crippen LogP contribution in [0.2, 0.25) is 0 Å². The summed E-state index contributed by atoms with van der Waals surface area (Å²) in [6, 6.07) is 9.59. The predicted molar refractivity (Wildman–Crippen MR) is 102 cm³/mol. The lowest BCUT2D eigenvalue weighted by molar-refractivity contribution is -0.117. The van der Waals surface area contributed by atoms with E-state index < -0.39 is 0 Å². The van der Waals surface area contributed by atoms with E-state index in [0.717, 1.165) is 28.8 Å². The third-order valence-electron chi connectivity index (χ3n) is 4.23. The van der Waals surface area contributed by atoms with Crippen LogP contribution < -0.4 is 26.2 Å². The summed E-state index contributed by atoms with van der Waals surface area (Å²) >= 11 is 0. The molecule has 1 aromatic heterocycles. The standard InChI is InChI=1S/C19H23N5O2/c1-4-10-21-19(25)17-16(20)14-7-5-6-13(18(14)24(2)23-17)12-8-9-15(26-3)22-11-12/h5-9,11,23H,4,10,20H2,1-3H3,(H,21,25). The molecule has 2 aromatic rings. The minimum atomic E-state index is -0.210. The molecule has 1 aromatic carbocycles. The first-order chi connectivity index (χ1) is 12.6. The number of carbonyl (C=O) groups is 1. The van der Waals surface area contributed by atoms with Crippen molar-refractivity contribution in [2.75, 3.05) is 25.7 Å². The van der Waals surface area contributed by atoms with Crippen molar-refractivity contribution in [1.29, 1.82) is 0 Å². The molecule has 0 unspecified atom stereocenters. The number of para-hydroxylation sites is 1. The van der Waals surface area contributed by atoms with Crippen molar-refractivity contribution in [3.05, 3.63) is 47.8 Å². The van der Waals surface area contributed by atoms with Gasteiger partial charge in [-0.05, 0) is 12.5 Å². The molecule has 0 atom stereocenters. The maximum atomic E-state index is 12.4. The topological polar surface area (TPSA) is 92.5 Å². The van der Waals surface area contributed by atoms with E-state index in [4.69, 9.17) is 10.5 Å². The normalized spacial score (nSPS) is 13.1. The second kappa shape index (κ2) is 7.35. The number of ether oxygens (including phenoxy) is 1. The number of anilines is 1. The van der Waals surface area contributed by atoms with Gasteiger partial charge in [-0.15, -0.1) is 0 Å². The van der Waals surface area contributed by atoms with E-state index in [1.54, 1.807) is 13.3 Å². The number of hydrogen-bond acceptors (Lipinski definition) is 6. The molecule has 2 heterocycles. The molecule has 0 aliphatic carbocycles. The van der Waals surface area contributed by atoms with Crippen molar-refractivity contribution in [1.82, 2.24) is 15.7 Å². The lowest BCUT2D eigenvalue weighted by atomic mass is 9.97. The number of methoxy groups -OCH3 is 1. The van der Waals surface area contributed by atoms with E-state index in [1.807, 2.05) is 49.3 Å². The molecule has 7 heteroatoms. The Morgan fingerprint density at radius 1 is 1.31 bits per heavy atom. The Labute approximate surface area is 152 Å². The number of carbonyl (C=O) groups excluding carboxylic acids is 1. The summed E-state index contributed by atoms with van der Waals surface area (Å²) in [6.07, 6.45) is 2.62. The number of hydrogen-bond donors (Lipinski definition) is 3. The number of benzene rings is 1. The molecule has 3 rings (SSSR count). The molecule has 7 nitrogen and oxygen atoms in total. The van der Waals surface area contributed by atoms with Crippen LogP contribution >= 0.6 is 0 Å². The van der Waals surface area contributed by atoms with E-state index in [1.165, 1.54) is 0 Å². The van der Waals surface area contributed by atoms with Crippen molar-refractivity contribution < 1.29 is 9.53 Å². The van der Waals surface area contributed by atoms with Gasteiger partial charge in [-0.25, -0.2) is 4.98 Å². The Balaban J connectivity index is 2.05. The highest BCUT2D eigenvalue weighted by atomic mass is 16.5. The van der Waals surface area contributed by atoms with E-state index >= 15 is 0 Å². The summed E-state index contributed by atoms with van der Waals surface area (Å²) in [4.78, 5) is 16.7. The molecular weight excluding hydrogens is 330 g/mol. The minimum Gasteiger partial charge on any atom is -0.481 e. The molecule has 0 radical (unpaired) electrons. The maximum Gasteiger partial charge on any atom is 0.271 e. The van der Waals surface area contributed by atoms with Crippen LogP contribution in [0.25, 0.3) is 16.8 Å².